The number of carbonyl (C=O) groups excluding carboxylic acids is 1. The fourth-order valence-corrected chi connectivity index (χ4v) is 0.802. The highest BCUT2D eigenvalue weighted by Crippen LogP contribution is 2.07. The molecule has 13 heavy (non-hydrogen) atoms. The maximum absolute atomic E-state index is 12.8. The number of hydrogen-bond donors (Lipinski definition) is 0. The summed E-state index contributed by atoms with van der Waals surface area (Å²) < 4.78 is 12.8. The van der Waals surface area contributed by atoms with Crippen LogP contribution in [0.5, 0.6) is 0 Å². The van der Waals surface area contributed by atoms with Crippen molar-refractivity contribution >= 4 is 6.29 Å². The standard InChI is InChI=1S/C10H4FNO/c11-10-4-3-8(2-1-5-13)6-9(10)7-12/h3-6H. The number of nitriles is 1. The second-order valence-electron chi connectivity index (χ2n) is 2.19. The van der Waals surface area contributed by atoms with Gasteiger partial charge in [-0.15, -0.1) is 0 Å². The molecule has 0 unspecified atom stereocenters. The fraction of sp³-hybridized carbons (Fsp3) is 0. The molecule has 0 saturated carbocycles. The number of rotatable bonds is 0. The normalized spacial score (nSPS) is 8.00. The molecule has 0 aromatic heterocycles. The predicted octanol–water partition coefficient (Wildman–Crippen LogP) is 1.25. The summed E-state index contributed by atoms with van der Waals surface area (Å²) in [5, 5.41) is 8.46. The van der Waals surface area contributed by atoms with Crippen molar-refractivity contribution in [3.05, 3.63) is 35.1 Å². The van der Waals surface area contributed by atoms with E-state index in [-0.39, 0.29) is 5.56 Å². The molecule has 0 radical (unpaired) electrons. The van der Waals surface area contributed by atoms with Crippen LogP contribution < -0.4 is 0 Å². The molecule has 0 aliphatic rings. The molecule has 1 aromatic rings. The van der Waals surface area contributed by atoms with Crippen LogP contribution in [0.4, 0.5) is 4.39 Å². The summed E-state index contributed by atoms with van der Waals surface area (Å²) in [4.78, 5) is 9.89. The first-order valence-electron chi connectivity index (χ1n) is 3.43. The molecule has 0 saturated heterocycles. The van der Waals surface area contributed by atoms with Crippen LogP contribution in [0, 0.1) is 29.0 Å². The van der Waals surface area contributed by atoms with E-state index in [1.54, 1.807) is 6.07 Å². The fourth-order valence-electron chi connectivity index (χ4n) is 0.802. The van der Waals surface area contributed by atoms with Gasteiger partial charge in [-0.2, -0.15) is 5.26 Å². The number of hydrogen-bond acceptors (Lipinski definition) is 2. The van der Waals surface area contributed by atoms with Gasteiger partial charge in [0, 0.05) is 5.56 Å². The Kier molecular flexibility index (Phi) is 2.78. The maximum atomic E-state index is 12.8. The average molecular weight is 173 g/mol. The van der Waals surface area contributed by atoms with Crippen molar-refractivity contribution in [1.29, 1.82) is 5.26 Å². The van der Waals surface area contributed by atoms with Crippen molar-refractivity contribution in [3.8, 4) is 17.9 Å². The molecule has 0 N–H and O–H groups in total. The molecule has 2 nitrogen and oxygen atoms in total. The Morgan fingerprint density at radius 3 is 2.85 bits per heavy atom. The molecular weight excluding hydrogens is 169 g/mol. The Balaban J connectivity index is 3.15. The zero-order valence-electron chi connectivity index (χ0n) is 6.54. The van der Waals surface area contributed by atoms with Crippen LogP contribution in [0.15, 0.2) is 18.2 Å². The summed E-state index contributed by atoms with van der Waals surface area (Å²) in [5.41, 5.74) is 0.378. The van der Waals surface area contributed by atoms with Crippen LogP contribution in [0.25, 0.3) is 0 Å². The molecule has 0 aliphatic heterocycles. The smallest absolute Gasteiger partial charge is 0.193 e. The van der Waals surface area contributed by atoms with Crippen LogP contribution in [-0.2, 0) is 4.79 Å². The summed E-state index contributed by atoms with van der Waals surface area (Å²) in [6.07, 6.45) is 0.440. The predicted molar refractivity (Wildman–Crippen MR) is 44.1 cm³/mol. The average Bonchev–Trinajstić information content (AvgIpc) is 2.16. The molecule has 3 heteroatoms. The minimum atomic E-state index is -0.584. The molecule has 1 aromatic carbocycles. The third-order valence-corrected chi connectivity index (χ3v) is 1.36. The molecule has 0 amide bonds. The van der Waals surface area contributed by atoms with Crippen LogP contribution in [0.1, 0.15) is 11.1 Å². The van der Waals surface area contributed by atoms with Crippen LogP contribution in [-0.4, -0.2) is 6.29 Å². The van der Waals surface area contributed by atoms with Crippen molar-refractivity contribution in [2.45, 2.75) is 0 Å². The first kappa shape index (κ1) is 8.96. The van der Waals surface area contributed by atoms with Crippen LogP contribution >= 0.6 is 0 Å². The van der Waals surface area contributed by atoms with Crippen molar-refractivity contribution in [3.63, 3.8) is 0 Å². The third-order valence-electron chi connectivity index (χ3n) is 1.36. The van der Waals surface area contributed by atoms with Crippen molar-refractivity contribution in [2.75, 3.05) is 0 Å². The topological polar surface area (TPSA) is 40.9 Å². The lowest BCUT2D eigenvalue weighted by molar-refractivity contribution is -0.103. The summed E-state index contributed by atoms with van der Waals surface area (Å²) in [6, 6.07) is 5.53. The quantitative estimate of drug-likeness (QED) is 0.437. The number of aldehydes is 1. The van der Waals surface area contributed by atoms with Gasteiger partial charge >= 0.3 is 0 Å². The molecule has 62 valence electrons. The minimum absolute atomic E-state index is 0.0716. The monoisotopic (exact) mass is 173 g/mol. The van der Waals surface area contributed by atoms with E-state index in [0.29, 0.717) is 11.8 Å². The van der Waals surface area contributed by atoms with E-state index in [1.807, 2.05) is 0 Å². The Labute approximate surface area is 74.6 Å². The van der Waals surface area contributed by atoms with Gasteiger partial charge < -0.3 is 0 Å². The summed E-state index contributed by atoms with van der Waals surface area (Å²) in [6.45, 7) is 0. The second kappa shape index (κ2) is 4.04. The van der Waals surface area contributed by atoms with E-state index >= 15 is 0 Å². The van der Waals surface area contributed by atoms with Gasteiger partial charge in [-0.05, 0) is 24.1 Å². The highest BCUT2D eigenvalue weighted by molar-refractivity contribution is 5.74. The van der Waals surface area contributed by atoms with E-state index in [9.17, 15) is 9.18 Å². The van der Waals surface area contributed by atoms with Crippen molar-refractivity contribution < 1.29 is 9.18 Å². The molecule has 0 bridgehead atoms. The Morgan fingerprint density at radius 1 is 1.46 bits per heavy atom. The van der Waals surface area contributed by atoms with Gasteiger partial charge in [-0.3, -0.25) is 4.79 Å². The van der Waals surface area contributed by atoms with E-state index in [1.165, 1.54) is 12.1 Å². The van der Waals surface area contributed by atoms with Crippen LogP contribution in [0.3, 0.4) is 0 Å². The molecule has 0 atom stereocenters. The Bertz CT molecular complexity index is 434. The van der Waals surface area contributed by atoms with Crippen LogP contribution in [0.2, 0.25) is 0 Å². The van der Waals surface area contributed by atoms with Gasteiger partial charge in [0.15, 0.2) is 6.29 Å². The summed E-state index contributed by atoms with van der Waals surface area (Å²) >= 11 is 0. The Hall–Kier alpha value is -2.13. The molecule has 1 rings (SSSR count). The van der Waals surface area contributed by atoms with E-state index < -0.39 is 5.82 Å². The second-order valence-corrected chi connectivity index (χ2v) is 2.19. The van der Waals surface area contributed by atoms with Crippen molar-refractivity contribution in [2.24, 2.45) is 0 Å². The largest absolute Gasteiger partial charge is 0.289 e. The molecule has 0 fully saturated rings. The van der Waals surface area contributed by atoms with E-state index in [0.717, 1.165) is 6.07 Å². The van der Waals surface area contributed by atoms with E-state index in [2.05, 4.69) is 11.8 Å². The molecular formula is C10H4FNO. The van der Waals surface area contributed by atoms with Gasteiger partial charge in [0.1, 0.15) is 11.9 Å². The molecule has 0 spiro atoms. The first-order valence-corrected chi connectivity index (χ1v) is 3.43. The zero-order valence-corrected chi connectivity index (χ0v) is 6.54. The number of carbonyl (C=O) groups is 1. The van der Waals surface area contributed by atoms with Crippen molar-refractivity contribution in [1.82, 2.24) is 0 Å². The van der Waals surface area contributed by atoms with E-state index in [4.69, 9.17) is 5.26 Å². The number of nitrogens with zero attached hydrogens (tertiary/aromatic N) is 1. The molecule has 0 aliphatic carbocycles. The highest BCUT2D eigenvalue weighted by atomic mass is 19.1. The lowest BCUT2D eigenvalue weighted by Gasteiger charge is -1.92. The van der Waals surface area contributed by atoms with Gasteiger partial charge in [0.25, 0.3) is 0 Å². The van der Waals surface area contributed by atoms with Gasteiger partial charge in [-0.25, -0.2) is 4.39 Å². The maximum Gasteiger partial charge on any atom is 0.193 e. The van der Waals surface area contributed by atoms with Gasteiger partial charge in [0.2, 0.25) is 0 Å². The number of halogens is 1. The minimum Gasteiger partial charge on any atom is -0.289 e. The summed E-state index contributed by atoms with van der Waals surface area (Å²) in [5.74, 6) is 4.05. The van der Waals surface area contributed by atoms with Gasteiger partial charge in [0.05, 0.1) is 5.56 Å². The van der Waals surface area contributed by atoms with Gasteiger partial charge in [-0.1, -0.05) is 5.92 Å². The SMILES string of the molecule is N#Cc1cc(C#CC=O)ccc1F. The lowest BCUT2D eigenvalue weighted by atomic mass is 10.1. The Morgan fingerprint density at radius 2 is 2.23 bits per heavy atom. The zero-order chi connectivity index (χ0) is 9.68. The highest BCUT2D eigenvalue weighted by Gasteiger charge is 1.99. The molecule has 0 heterocycles. The first-order chi connectivity index (χ1) is 6.27. The number of benzene rings is 1. The third kappa shape index (κ3) is 2.15. The lowest BCUT2D eigenvalue weighted by Crippen LogP contribution is -1.84. The summed E-state index contributed by atoms with van der Waals surface area (Å²) in [7, 11) is 0.